The van der Waals surface area contributed by atoms with Crippen LogP contribution in [0, 0.1) is 5.92 Å². The first-order valence-electron chi connectivity index (χ1n) is 9.68. The average Bonchev–Trinajstić information content (AvgIpc) is 3.32. The van der Waals surface area contributed by atoms with Crippen LogP contribution in [-0.2, 0) is 12.5 Å². The fourth-order valence-corrected chi connectivity index (χ4v) is 3.89. The zero-order chi connectivity index (χ0) is 20.0. The highest BCUT2D eigenvalue weighted by molar-refractivity contribution is 5.60. The van der Waals surface area contributed by atoms with E-state index in [0.717, 1.165) is 33.8 Å². The standard InChI is InChI=1S/C22H22N6O/c1-22(16-4-5-16,20-9-19(29-27-20)15-11-26-28(2)13-15)17-6-7-18(24-12-17)14-3-8-21(23)25-10-14/h3,6-13,16H,4-5H2,1-2H3,(H2,23,25)/t22-/m1/s1. The van der Waals surface area contributed by atoms with Crippen LogP contribution in [0.1, 0.15) is 31.0 Å². The number of nitrogens with two attached hydrogens (primary N) is 1. The highest BCUT2D eigenvalue weighted by atomic mass is 16.5. The lowest BCUT2D eigenvalue weighted by atomic mass is 9.75. The lowest BCUT2D eigenvalue weighted by molar-refractivity contribution is 0.387. The second-order valence-electron chi connectivity index (χ2n) is 7.86. The van der Waals surface area contributed by atoms with Crippen LogP contribution < -0.4 is 5.73 Å². The van der Waals surface area contributed by atoms with Crippen molar-refractivity contribution in [1.82, 2.24) is 24.9 Å². The van der Waals surface area contributed by atoms with Crippen molar-refractivity contribution in [3.63, 3.8) is 0 Å². The minimum atomic E-state index is -0.241. The van der Waals surface area contributed by atoms with Gasteiger partial charge < -0.3 is 10.3 Å². The van der Waals surface area contributed by atoms with E-state index >= 15 is 0 Å². The number of nitrogens with zero attached hydrogens (tertiary/aromatic N) is 5. The number of aryl methyl sites for hydroxylation is 1. The van der Waals surface area contributed by atoms with Gasteiger partial charge >= 0.3 is 0 Å². The van der Waals surface area contributed by atoms with Gasteiger partial charge in [0.2, 0.25) is 0 Å². The highest BCUT2D eigenvalue weighted by Gasteiger charge is 2.46. The molecule has 4 aromatic heterocycles. The first kappa shape index (κ1) is 17.6. The number of hydrogen-bond acceptors (Lipinski definition) is 6. The maximum Gasteiger partial charge on any atom is 0.170 e. The van der Waals surface area contributed by atoms with Crippen molar-refractivity contribution in [3.05, 3.63) is 66.4 Å². The van der Waals surface area contributed by atoms with E-state index in [9.17, 15) is 0 Å². The zero-order valence-electron chi connectivity index (χ0n) is 16.4. The topological polar surface area (TPSA) is 95.7 Å². The third-order valence-electron chi connectivity index (χ3n) is 5.87. The van der Waals surface area contributed by atoms with Crippen LogP contribution in [0.15, 0.2) is 59.6 Å². The number of anilines is 1. The SMILES string of the molecule is Cn1cc(-c2cc([C@@](C)(c3ccc(-c4ccc(N)nc4)nc3)C3CC3)no2)cn1. The lowest BCUT2D eigenvalue weighted by Crippen LogP contribution is -2.27. The number of rotatable bonds is 5. The highest BCUT2D eigenvalue weighted by Crippen LogP contribution is 2.51. The van der Waals surface area contributed by atoms with E-state index < -0.39 is 0 Å². The summed E-state index contributed by atoms with van der Waals surface area (Å²) in [6, 6.07) is 9.92. The molecule has 0 bridgehead atoms. The zero-order valence-corrected chi connectivity index (χ0v) is 16.4. The van der Waals surface area contributed by atoms with Crippen molar-refractivity contribution in [2.45, 2.75) is 25.2 Å². The predicted octanol–water partition coefficient (Wildman–Crippen LogP) is 3.83. The van der Waals surface area contributed by atoms with Crippen LogP contribution in [0.2, 0.25) is 0 Å². The van der Waals surface area contributed by atoms with Crippen LogP contribution in [0.3, 0.4) is 0 Å². The van der Waals surface area contributed by atoms with E-state index in [-0.39, 0.29) is 5.41 Å². The number of nitrogen functional groups attached to an aromatic ring is 1. The lowest BCUT2D eigenvalue weighted by Gasteiger charge is -2.27. The van der Waals surface area contributed by atoms with Gasteiger partial charge in [-0.05, 0) is 49.4 Å². The third kappa shape index (κ3) is 3.08. The Kier molecular flexibility index (Phi) is 3.97. The molecule has 1 saturated carbocycles. The Balaban J connectivity index is 1.50. The smallest absolute Gasteiger partial charge is 0.170 e. The molecular weight excluding hydrogens is 364 g/mol. The number of pyridine rings is 2. The van der Waals surface area contributed by atoms with Gasteiger partial charge in [-0.3, -0.25) is 9.67 Å². The molecule has 2 N–H and O–H groups in total. The molecule has 0 aliphatic heterocycles. The van der Waals surface area contributed by atoms with Crippen molar-refractivity contribution in [3.8, 4) is 22.6 Å². The number of aromatic nitrogens is 5. The summed E-state index contributed by atoms with van der Waals surface area (Å²) in [7, 11) is 1.89. The minimum absolute atomic E-state index is 0.241. The van der Waals surface area contributed by atoms with Crippen LogP contribution in [0.25, 0.3) is 22.6 Å². The summed E-state index contributed by atoms with van der Waals surface area (Å²) < 4.78 is 7.43. The molecule has 7 heteroatoms. The fourth-order valence-electron chi connectivity index (χ4n) is 3.89. The van der Waals surface area contributed by atoms with Gasteiger partial charge in [-0.15, -0.1) is 0 Å². The Morgan fingerprint density at radius 3 is 2.55 bits per heavy atom. The molecule has 29 heavy (non-hydrogen) atoms. The normalized spacial score (nSPS) is 15.9. The van der Waals surface area contributed by atoms with Crippen LogP contribution in [0.5, 0.6) is 0 Å². The van der Waals surface area contributed by atoms with Gasteiger partial charge in [-0.25, -0.2) is 4.98 Å². The summed E-state index contributed by atoms with van der Waals surface area (Å²) in [5.74, 6) is 1.76. The van der Waals surface area contributed by atoms with Gasteiger partial charge in [0.05, 0.1) is 23.1 Å². The Bertz CT molecular complexity index is 1140. The molecule has 4 aromatic rings. The molecule has 0 amide bonds. The predicted molar refractivity (Wildman–Crippen MR) is 110 cm³/mol. The third-order valence-corrected chi connectivity index (χ3v) is 5.87. The quantitative estimate of drug-likeness (QED) is 0.560. The molecule has 1 aliphatic rings. The van der Waals surface area contributed by atoms with Crippen molar-refractivity contribution in [2.75, 3.05) is 5.73 Å². The summed E-state index contributed by atoms with van der Waals surface area (Å²) in [5, 5.41) is 8.66. The van der Waals surface area contributed by atoms with Crippen LogP contribution in [0.4, 0.5) is 5.82 Å². The molecule has 1 fully saturated rings. The molecule has 7 nitrogen and oxygen atoms in total. The summed E-state index contributed by atoms with van der Waals surface area (Å²) in [6.07, 6.45) is 9.76. The van der Waals surface area contributed by atoms with E-state index in [1.165, 1.54) is 12.8 Å². The molecule has 146 valence electrons. The summed E-state index contributed by atoms with van der Waals surface area (Å²) in [5.41, 5.74) is 10.3. The summed E-state index contributed by atoms with van der Waals surface area (Å²) in [6.45, 7) is 2.23. The Hall–Kier alpha value is -3.48. The molecule has 1 aliphatic carbocycles. The maximum absolute atomic E-state index is 5.68. The van der Waals surface area contributed by atoms with Gasteiger partial charge in [0, 0.05) is 42.7 Å². The summed E-state index contributed by atoms with van der Waals surface area (Å²) >= 11 is 0. The van der Waals surface area contributed by atoms with Crippen molar-refractivity contribution in [2.24, 2.45) is 13.0 Å². The molecule has 5 rings (SSSR count). The van der Waals surface area contributed by atoms with E-state index in [4.69, 9.17) is 15.2 Å². The van der Waals surface area contributed by atoms with Crippen molar-refractivity contribution in [1.29, 1.82) is 0 Å². The molecule has 0 spiro atoms. The molecule has 0 radical (unpaired) electrons. The monoisotopic (exact) mass is 386 g/mol. The molecule has 0 saturated heterocycles. The second kappa shape index (κ2) is 6.55. The molecule has 4 heterocycles. The minimum Gasteiger partial charge on any atom is -0.384 e. The summed E-state index contributed by atoms with van der Waals surface area (Å²) in [4.78, 5) is 8.85. The first-order valence-corrected chi connectivity index (χ1v) is 9.68. The van der Waals surface area contributed by atoms with Crippen molar-refractivity contribution >= 4 is 5.82 Å². The van der Waals surface area contributed by atoms with Gasteiger partial charge in [-0.2, -0.15) is 5.10 Å². The largest absolute Gasteiger partial charge is 0.384 e. The molecule has 0 unspecified atom stereocenters. The number of hydrogen-bond donors (Lipinski definition) is 1. The van der Waals surface area contributed by atoms with E-state index in [1.807, 2.05) is 37.6 Å². The van der Waals surface area contributed by atoms with Crippen molar-refractivity contribution < 1.29 is 4.52 Å². The average molecular weight is 386 g/mol. The fraction of sp³-hybridized carbons (Fsp3) is 0.273. The van der Waals surface area contributed by atoms with Crippen LogP contribution >= 0.6 is 0 Å². The first-order chi connectivity index (χ1) is 14.0. The maximum atomic E-state index is 5.68. The Labute approximate surface area is 168 Å². The van der Waals surface area contributed by atoms with Gasteiger partial charge in [0.25, 0.3) is 0 Å². The van der Waals surface area contributed by atoms with E-state index in [1.54, 1.807) is 23.1 Å². The second-order valence-corrected chi connectivity index (χ2v) is 7.86. The van der Waals surface area contributed by atoms with Gasteiger partial charge in [0.15, 0.2) is 5.76 Å². The van der Waals surface area contributed by atoms with E-state index in [0.29, 0.717) is 11.7 Å². The Morgan fingerprint density at radius 2 is 1.93 bits per heavy atom. The van der Waals surface area contributed by atoms with Gasteiger partial charge in [-0.1, -0.05) is 11.2 Å². The van der Waals surface area contributed by atoms with Gasteiger partial charge in [0.1, 0.15) is 5.82 Å². The Morgan fingerprint density at radius 1 is 1.07 bits per heavy atom. The van der Waals surface area contributed by atoms with Crippen LogP contribution in [-0.4, -0.2) is 24.9 Å². The molecule has 0 aromatic carbocycles. The van der Waals surface area contributed by atoms with E-state index in [2.05, 4.69) is 28.2 Å². The molecule has 1 atom stereocenters. The molecular formula is C22H22N6O.